The summed E-state index contributed by atoms with van der Waals surface area (Å²) in [6.45, 7) is 4.50. The Balaban J connectivity index is 2.08. The summed E-state index contributed by atoms with van der Waals surface area (Å²) in [5.74, 6) is 0.811. The first-order valence-corrected chi connectivity index (χ1v) is 7.75. The Morgan fingerprint density at radius 1 is 1.40 bits per heavy atom. The van der Waals surface area contributed by atoms with Crippen LogP contribution in [0.4, 0.5) is 5.69 Å². The molecule has 3 rings (SSSR count). The van der Waals surface area contributed by atoms with E-state index in [1.807, 2.05) is 26.0 Å². The molecule has 0 bridgehead atoms. The van der Waals surface area contributed by atoms with Gasteiger partial charge < -0.3 is 9.64 Å². The summed E-state index contributed by atoms with van der Waals surface area (Å²) in [5.41, 5.74) is 3.81. The number of benzene rings is 1. The monoisotopic (exact) mass is 352 g/mol. The van der Waals surface area contributed by atoms with Crippen molar-refractivity contribution in [3.63, 3.8) is 0 Å². The SMILES string of the molecule is COc1ccc(C)c(N2Cc3nc(Br)sc3C2=O)c1C. The number of rotatable bonds is 2. The van der Waals surface area contributed by atoms with Gasteiger partial charge in [0.25, 0.3) is 5.91 Å². The minimum absolute atomic E-state index is 0.0163. The topological polar surface area (TPSA) is 42.4 Å². The summed E-state index contributed by atoms with van der Waals surface area (Å²) in [7, 11) is 1.64. The zero-order chi connectivity index (χ0) is 14.4. The zero-order valence-electron chi connectivity index (χ0n) is 11.4. The molecule has 1 aromatic carbocycles. The van der Waals surface area contributed by atoms with Crippen LogP contribution in [0.5, 0.6) is 5.75 Å². The van der Waals surface area contributed by atoms with Crippen LogP contribution in [-0.4, -0.2) is 18.0 Å². The molecule has 0 fully saturated rings. The third-order valence-corrected chi connectivity index (χ3v) is 5.03. The molecule has 0 unspecified atom stereocenters. The third-order valence-electron chi connectivity index (χ3n) is 3.49. The zero-order valence-corrected chi connectivity index (χ0v) is 13.8. The first-order chi connectivity index (χ1) is 9.52. The second-order valence-corrected chi connectivity index (χ2v) is 6.97. The summed E-state index contributed by atoms with van der Waals surface area (Å²) in [4.78, 5) is 19.4. The van der Waals surface area contributed by atoms with E-state index in [0.29, 0.717) is 6.54 Å². The molecule has 20 heavy (non-hydrogen) atoms. The summed E-state index contributed by atoms with van der Waals surface area (Å²) in [6.07, 6.45) is 0. The van der Waals surface area contributed by atoms with Crippen LogP contribution in [0.2, 0.25) is 0 Å². The molecule has 6 heteroatoms. The lowest BCUT2D eigenvalue weighted by atomic mass is 10.1. The van der Waals surface area contributed by atoms with Crippen molar-refractivity contribution in [2.45, 2.75) is 20.4 Å². The van der Waals surface area contributed by atoms with E-state index in [1.54, 1.807) is 12.0 Å². The maximum atomic E-state index is 12.5. The lowest BCUT2D eigenvalue weighted by Crippen LogP contribution is -2.25. The molecule has 2 aromatic rings. The Morgan fingerprint density at radius 3 is 2.80 bits per heavy atom. The summed E-state index contributed by atoms with van der Waals surface area (Å²) in [6, 6.07) is 3.91. The van der Waals surface area contributed by atoms with Crippen molar-refractivity contribution in [3.8, 4) is 5.75 Å². The Hall–Kier alpha value is -1.40. The van der Waals surface area contributed by atoms with Crippen LogP contribution in [0.3, 0.4) is 0 Å². The Kier molecular flexibility index (Phi) is 3.30. The second-order valence-electron chi connectivity index (χ2n) is 4.69. The van der Waals surface area contributed by atoms with E-state index >= 15 is 0 Å². The minimum atomic E-state index is 0.0163. The first kappa shape index (κ1) is 13.6. The molecule has 0 radical (unpaired) electrons. The van der Waals surface area contributed by atoms with E-state index in [9.17, 15) is 4.79 Å². The number of anilines is 1. The Morgan fingerprint density at radius 2 is 2.15 bits per heavy atom. The number of halogens is 1. The van der Waals surface area contributed by atoms with Crippen LogP contribution in [0, 0.1) is 13.8 Å². The molecule has 0 aliphatic carbocycles. The maximum absolute atomic E-state index is 12.5. The predicted molar refractivity (Wildman–Crippen MR) is 82.8 cm³/mol. The number of ether oxygens (including phenoxy) is 1. The number of nitrogens with zero attached hydrogens (tertiary/aromatic N) is 2. The van der Waals surface area contributed by atoms with Crippen LogP contribution >= 0.6 is 27.3 Å². The van der Waals surface area contributed by atoms with Crippen molar-refractivity contribution in [2.75, 3.05) is 12.0 Å². The number of aromatic nitrogens is 1. The highest BCUT2D eigenvalue weighted by Gasteiger charge is 2.34. The van der Waals surface area contributed by atoms with Gasteiger partial charge in [0.15, 0.2) is 3.92 Å². The van der Waals surface area contributed by atoms with Gasteiger partial charge in [-0.25, -0.2) is 4.98 Å². The van der Waals surface area contributed by atoms with Crippen LogP contribution < -0.4 is 9.64 Å². The minimum Gasteiger partial charge on any atom is -0.496 e. The number of amides is 1. The highest BCUT2D eigenvalue weighted by Crippen LogP contribution is 2.39. The van der Waals surface area contributed by atoms with E-state index in [0.717, 1.165) is 37.1 Å². The highest BCUT2D eigenvalue weighted by atomic mass is 79.9. The largest absolute Gasteiger partial charge is 0.496 e. The van der Waals surface area contributed by atoms with Crippen molar-refractivity contribution >= 4 is 38.9 Å². The summed E-state index contributed by atoms with van der Waals surface area (Å²) < 4.78 is 6.11. The van der Waals surface area contributed by atoms with Gasteiger partial charge >= 0.3 is 0 Å². The average Bonchev–Trinajstić information content (AvgIpc) is 2.89. The molecule has 1 amide bonds. The van der Waals surface area contributed by atoms with Crippen molar-refractivity contribution in [3.05, 3.63) is 37.7 Å². The van der Waals surface area contributed by atoms with Crippen molar-refractivity contribution < 1.29 is 9.53 Å². The molecule has 1 aromatic heterocycles. The molecule has 0 N–H and O–H groups in total. The van der Waals surface area contributed by atoms with Crippen molar-refractivity contribution in [2.24, 2.45) is 0 Å². The number of hydrogen-bond donors (Lipinski definition) is 0. The quantitative estimate of drug-likeness (QED) is 0.827. The smallest absolute Gasteiger partial charge is 0.270 e. The van der Waals surface area contributed by atoms with Gasteiger partial charge in [-0.05, 0) is 41.4 Å². The molecule has 2 heterocycles. The standard InChI is InChI=1S/C14H13BrN2O2S/c1-7-4-5-10(19-3)8(2)11(7)17-6-9-12(13(17)18)20-14(15)16-9/h4-5H,6H2,1-3H3. The first-order valence-electron chi connectivity index (χ1n) is 6.14. The highest BCUT2D eigenvalue weighted by molar-refractivity contribution is 9.11. The predicted octanol–water partition coefficient (Wildman–Crippen LogP) is 3.69. The molecule has 0 atom stereocenters. The van der Waals surface area contributed by atoms with E-state index in [1.165, 1.54) is 11.3 Å². The third kappa shape index (κ3) is 1.94. The number of carbonyl (C=O) groups is 1. The molecule has 0 saturated carbocycles. The summed E-state index contributed by atoms with van der Waals surface area (Å²) in [5, 5.41) is 0. The van der Waals surface area contributed by atoms with Crippen molar-refractivity contribution in [1.82, 2.24) is 4.98 Å². The molecular formula is C14H13BrN2O2S. The van der Waals surface area contributed by atoms with Crippen LogP contribution in [0.15, 0.2) is 16.0 Å². The Bertz CT molecular complexity index is 711. The van der Waals surface area contributed by atoms with Gasteiger partial charge in [0.2, 0.25) is 0 Å². The van der Waals surface area contributed by atoms with Gasteiger partial charge in [0.05, 0.1) is 25.0 Å². The van der Waals surface area contributed by atoms with Gasteiger partial charge in [-0.15, -0.1) is 11.3 Å². The van der Waals surface area contributed by atoms with Gasteiger partial charge in [0, 0.05) is 5.56 Å². The fourth-order valence-electron chi connectivity index (χ4n) is 2.58. The van der Waals surface area contributed by atoms with Gasteiger partial charge in [-0.1, -0.05) is 6.07 Å². The van der Waals surface area contributed by atoms with Gasteiger partial charge in [-0.3, -0.25) is 4.79 Å². The normalized spacial score (nSPS) is 13.8. The summed E-state index contributed by atoms with van der Waals surface area (Å²) >= 11 is 4.72. The fourth-order valence-corrected chi connectivity index (χ4v) is 4.02. The molecule has 104 valence electrons. The average molecular weight is 353 g/mol. The molecule has 1 aliphatic rings. The Labute approximate surface area is 129 Å². The molecule has 0 saturated heterocycles. The second kappa shape index (κ2) is 4.86. The van der Waals surface area contributed by atoms with Crippen molar-refractivity contribution in [1.29, 1.82) is 0 Å². The molecular weight excluding hydrogens is 340 g/mol. The van der Waals surface area contributed by atoms with Gasteiger partial charge in [-0.2, -0.15) is 0 Å². The van der Waals surface area contributed by atoms with Crippen LogP contribution in [0.25, 0.3) is 0 Å². The molecule has 0 spiro atoms. The lowest BCUT2D eigenvalue weighted by Gasteiger charge is -2.22. The van der Waals surface area contributed by atoms with Crippen LogP contribution in [-0.2, 0) is 6.54 Å². The van der Waals surface area contributed by atoms with Crippen LogP contribution in [0.1, 0.15) is 26.5 Å². The van der Waals surface area contributed by atoms with Gasteiger partial charge in [0.1, 0.15) is 10.6 Å². The van der Waals surface area contributed by atoms with E-state index < -0.39 is 0 Å². The van der Waals surface area contributed by atoms with E-state index in [2.05, 4.69) is 20.9 Å². The number of carbonyl (C=O) groups excluding carboxylic acids is 1. The number of thiazole rings is 1. The number of fused-ring (bicyclic) bond motifs is 1. The number of methoxy groups -OCH3 is 1. The molecule has 4 nitrogen and oxygen atoms in total. The number of hydrogen-bond acceptors (Lipinski definition) is 4. The fraction of sp³-hybridized carbons (Fsp3) is 0.286. The number of aryl methyl sites for hydroxylation is 1. The maximum Gasteiger partial charge on any atom is 0.270 e. The lowest BCUT2D eigenvalue weighted by molar-refractivity contribution is 0.0999. The van der Waals surface area contributed by atoms with E-state index in [-0.39, 0.29) is 5.91 Å². The van der Waals surface area contributed by atoms with E-state index in [4.69, 9.17) is 4.74 Å². The molecule has 1 aliphatic heterocycles.